The number of nitrogens with one attached hydrogen (secondary N) is 1. The highest BCUT2D eigenvalue weighted by Gasteiger charge is 2.31. The average molecular weight is 445 g/mol. The number of halogens is 3. The number of esters is 1. The zero-order valence-corrected chi connectivity index (χ0v) is 16.5. The van der Waals surface area contributed by atoms with Crippen LogP contribution in [0, 0.1) is 0 Å². The third-order valence-electron chi connectivity index (χ3n) is 3.62. The van der Waals surface area contributed by atoms with Gasteiger partial charge in [0, 0.05) is 15.8 Å². The van der Waals surface area contributed by atoms with Crippen molar-refractivity contribution in [3.63, 3.8) is 0 Å². The molecule has 3 rings (SSSR count). The first kappa shape index (κ1) is 20.9. The number of alkyl halides is 3. The molecule has 0 amide bonds. The highest BCUT2D eigenvalue weighted by molar-refractivity contribution is 7.93. The average Bonchev–Trinajstić information content (AvgIpc) is 3.03. The van der Waals surface area contributed by atoms with Crippen molar-refractivity contribution >= 4 is 43.1 Å². The Kier molecular flexibility index (Phi) is 5.71. The number of ether oxygens (including phenoxy) is 2. The standard InChI is InChI=1S/C18H14F3NO5S2/c1-2-26-17(23)15-16(13-5-3-4-6-14(13)28-15)29(24,25)22-11-7-9-12(10-8-11)27-18(19,20)21/h3-10,22H,2H2,1H3. The quantitative estimate of drug-likeness (QED) is 0.553. The van der Waals surface area contributed by atoms with Crippen LogP contribution in [-0.2, 0) is 14.8 Å². The lowest BCUT2D eigenvalue weighted by Gasteiger charge is -2.11. The minimum Gasteiger partial charge on any atom is -0.462 e. The Balaban J connectivity index is 1.98. The summed E-state index contributed by atoms with van der Waals surface area (Å²) in [5.41, 5.74) is 0.00427. The number of carbonyl (C=O) groups excluding carboxylic acids is 1. The lowest BCUT2D eigenvalue weighted by atomic mass is 10.2. The minimum atomic E-state index is -4.86. The van der Waals surface area contributed by atoms with E-state index in [1.54, 1.807) is 31.2 Å². The third-order valence-corrected chi connectivity index (χ3v) is 6.37. The van der Waals surface area contributed by atoms with Gasteiger partial charge >= 0.3 is 12.3 Å². The van der Waals surface area contributed by atoms with Crippen LogP contribution >= 0.6 is 11.3 Å². The van der Waals surface area contributed by atoms with Gasteiger partial charge in [-0.2, -0.15) is 0 Å². The molecule has 154 valence electrons. The monoisotopic (exact) mass is 445 g/mol. The van der Waals surface area contributed by atoms with Crippen molar-refractivity contribution in [2.24, 2.45) is 0 Å². The molecule has 3 aromatic rings. The number of carbonyl (C=O) groups is 1. The first-order valence-corrected chi connectivity index (χ1v) is 10.5. The fourth-order valence-corrected chi connectivity index (χ4v) is 5.40. The van der Waals surface area contributed by atoms with Crippen molar-refractivity contribution < 1.29 is 35.9 Å². The van der Waals surface area contributed by atoms with Crippen LogP contribution in [0.4, 0.5) is 18.9 Å². The van der Waals surface area contributed by atoms with Crippen molar-refractivity contribution in [3.05, 3.63) is 53.4 Å². The predicted octanol–water partition coefficient (Wildman–Crippen LogP) is 4.78. The fourth-order valence-electron chi connectivity index (χ4n) is 2.55. The topological polar surface area (TPSA) is 81.7 Å². The van der Waals surface area contributed by atoms with Crippen LogP contribution in [-0.4, -0.2) is 27.4 Å². The maximum Gasteiger partial charge on any atom is 0.573 e. The maximum absolute atomic E-state index is 13.0. The van der Waals surface area contributed by atoms with Crippen LogP contribution in [0.5, 0.6) is 5.75 Å². The van der Waals surface area contributed by atoms with E-state index in [0.29, 0.717) is 10.1 Å². The Bertz CT molecular complexity index is 1140. The zero-order chi connectivity index (χ0) is 21.2. The molecule has 29 heavy (non-hydrogen) atoms. The molecule has 1 heterocycles. The Labute approximate surface area is 167 Å². The second kappa shape index (κ2) is 7.91. The molecule has 1 N–H and O–H groups in total. The molecule has 0 radical (unpaired) electrons. The van der Waals surface area contributed by atoms with Crippen LogP contribution in [0.15, 0.2) is 53.4 Å². The highest BCUT2D eigenvalue weighted by Crippen LogP contribution is 2.36. The van der Waals surface area contributed by atoms with Gasteiger partial charge in [0.15, 0.2) is 0 Å². The number of sulfonamides is 1. The summed E-state index contributed by atoms with van der Waals surface area (Å²) in [4.78, 5) is 12.0. The molecule has 6 nitrogen and oxygen atoms in total. The Morgan fingerprint density at radius 3 is 2.38 bits per heavy atom. The molecule has 0 unspecified atom stereocenters. The number of fused-ring (bicyclic) bond motifs is 1. The van der Waals surface area contributed by atoms with E-state index < -0.39 is 28.1 Å². The van der Waals surface area contributed by atoms with E-state index in [-0.39, 0.29) is 22.1 Å². The molecule has 0 spiro atoms. The first-order chi connectivity index (χ1) is 13.6. The van der Waals surface area contributed by atoms with Gasteiger partial charge in [-0.05, 0) is 37.3 Å². The van der Waals surface area contributed by atoms with E-state index in [2.05, 4.69) is 9.46 Å². The Morgan fingerprint density at radius 2 is 1.76 bits per heavy atom. The molecule has 0 saturated carbocycles. The predicted molar refractivity (Wildman–Crippen MR) is 102 cm³/mol. The SMILES string of the molecule is CCOC(=O)c1sc2ccccc2c1S(=O)(=O)Nc1ccc(OC(F)(F)F)cc1. The second-order valence-electron chi connectivity index (χ2n) is 5.65. The zero-order valence-electron chi connectivity index (χ0n) is 14.8. The summed E-state index contributed by atoms with van der Waals surface area (Å²) in [6.07, 6.45) is -4.86. The molecule has 2 aromatic carbocycles. The molecule has 0 saturated heterocycles. The molecule has 0 aliphatic heterocycles. The molecular weight excluding hydrogens is 431 g/mol. The molecule has 0 aliphatic carbocycles. The van der Waals surface area contributed by atoms with Gasteiger partial charge in [-0.1, -0.05) is 18.2 Å². The summed E-state index contributed by atoms with van der Waals surface area (Å²) in [5.74, 6) is -1.27. The minimum absolute atomic E-state index is 0.00427. The smallest absolute Gasteiger partial charge is 0.462 e. The second-order valence-corrected chi connectivity index (χ2v) is 8.33. The van der Waals surface area contributed by atoms with Gasteiger partial charge in [0.1, 0.15) is 15.5 Å². The van der Waals surface area contributed by atoms with Crippen molar-refractivity contribution in [1.82, 2.24) is 0 Å². The lowest BCUT2D eigenvalue weighted by Crippen LogP contribution is -2.18. The van der Waals surface area contributed by atoms with Gasteiger partial charge in [0.05, 0.1) is 6.61 Å². The number of thiophene rings is 1. The van der Waals surface area contributed by atoms with Crippen molar-refractivity contribution in [2.45, 2.75) is 18.2 Å². The molecular formula is C18H14F3NO5S2. The van der Waals surface area contributed by atoms with E-state index in [9.17, 15) is 26.4 Å². The summed E-state index contributed by atoms with van der Waals surface area (Å²) in [7, 11) is -4.24. The molecule has 1 aromatic heterocycles. The molecule has 0 fully saturated rings. The van der Waals surface area contributed by atoms with Gasteiger partial charge in [-0.25, -0.2) is 13.2 Å². The van der Waals surface area contributed by atoms with E-state index in [1.165, 1.54) is 0 Å². The van der Waals surface area contributed by atoms with E-state index >= 15 is 0 Å². The highest BCUT2D eigenvalue weighted by atomic mass is 32.2. The Morgan fingerprint density at radius 1 is 1.10 bits per heavy atom. The Hall–Kier alpha value is -2.79. The summed E-state index contributed by atoms with van der Waals surface area (Å²) < 4.78 is 74.3. The lowest BCUT2D eigenvalue weighted by molar-refractivity contribution is -0.274. The fraction of sp³-hybridized carbons (Fsp3) is 0.167. The largest absolute Gasteiger partial charge is 0.573 e. The van der Waals surface area contributed by atoms with Crippen LogP contribution in [0.2, 0.25) is 0 Å². The van der Waals surface area contributed by atoms with Gasteiger partial charge < -0.3 is 9.47 Å². The molecule has 0 atom stereocenters. The van der Waals surface area contributed by atoms with Gasteiger partial charge in [0.2, 0.25) is 0 Å². The van der Waals surface area contributed by atoms with E-state index in [0.717, 1.165) is 35.6 Å². The van der Waals surface area contributed by atoms with Crippen molar-refractivity contribution in [2.75, 3.05) is 11.3 Å². The van der Waals surface area contributed by atoms with Crippen LogP contribution in [0.3, 0.4) is 0 Å². The molecule has 0 aliphatic rings. The summed E-state index contributed by atoms with van der Waals surface area (Å²) >= 11 is 0.979. The number of hydrogen-bond donors (Lipinski definition) is 1. The van der Waals surface area contributed by atoms with E-state index in [4.69, 9.17) is 4.74 Å². The van der Waals surface area contributed by atoms with Crippen molar-refractivity contribution in [1.29, 1.82) is 0 Å². The summed E-state index contributed by atoms with van der Waals surface area (Å²) in [5, 5.41) is 0.338. The van der Waals surface area contributed by atoms with Crippen LogP contribution < -0.4 is 9.46 Å². The van der Waals surface area contributed by atoms with Gasteiger partial charge in [0.25, 0.3) is 10.0 Å². The summed E-state index contributed by atoms with van der Waals surface area (Å²) in [6, 6.07) is 10.8. The van der Waals surface area contributed by atoms with Crippen LogP contribution in [0.1, 0.15) is 16.6 Å². The molecule has 0 bridgehead atoms. The van der Waals surface area contributed by atoms with Crippen LogP contribution in [0.25, 0.3) is 10.1 Å². The maximum atomic E-state index is 13.0. The number of benzene rings is 2. The van der Waals surface area contributed by atoms with Crippen molar-refractivity contribution in [3.8, 4) is 5.75 Å². The number of hydrogen-bond acceptors (Lipinski definition) is 6. The van der Waals surface area contributed by atoms with Gasteiger partial charge in [-0.3, -0.25) is 4.72 Å². The normalized spacial score (nSPS) is 12.0. The first-order valence-electron chi connectivity index (χ1n) is 8.18. The number of rotatable bonds is 6. The third kappa shape index (κ3) is 4.80. The van der Waals surface area contributed by atoms with Gasteiger partial charge in [-0.15, -0.1) is 24.5 Å². The van der Waals surface area contributed by atoms with E-state index in [1.807, 2.05) is 0 Å². The molecule has 11 heteroatoms. The summed E-state index contributed by atoms with van der Waals surface area (Å²) in [6.45, 7) is 1.67. The number of anilines is 1.